The van der Waals surface area contributed by atoms with Gasteiger partial charge in [-0.2, -0.15) is 70.2 Å². The van der Waals surface area contributed by atoms with Crippen LogP contribution < -0.4 is 0 Å². The van der Waals surface area contributed by atoms with Crippen LogP contribution in [0.4, 0.5) is 74.6 Å². The first-order chi connectivity index (χ1) is 13.6. The summed E-state index contributed by atoms with van der Waals surface area (Å²) in [7, 11) is 0. The molecule has 188 valence electrons. The summed E-state index contributed by atoms with van der Waals surface area (Å²) in [5.41, 5.74) is -9.90. The maximum atomic E-state index is 14.1. The van der Waals surface area contributed by atoms with E-state index in [4.69, 9.17) is 0 Å². The molecule has 0 bridgehead atoms. The largest absolute Gasteiger partial charge is 0.473 e. The van der Waals surface area contributed by atoms with E-state index < -0.39 is 64.8 Å². The molecule has 2 nitrogen and oxygen atoms in total. The number of halogens is 17. The molecule has 19 heteroatoms. The number of hydrogen-bond acceptors (Lipinski definition) is 2. The van der Waals surface area contributed by atoms with Crippen LogP contribution in [0.2, 0.25) is 0 Å². The lowest BCUT2D eigenvalue weighted by Crippen LogP contribution is -2.76. The number of hydrogen-bond donors (Lipinski definition) is 0. The fourth-order valence-electron chi connectivity index (χ4n) is 2.28. The second kappa shape index (κ2) is 6.54. The number of ether oxygens (including phenoxy) is 1. The molecule has 0 aromatic carbocycles. The lowest BCUT2D eigenvalue weighted by atomic mass is 9.83. The average molecular weight is 516 g/mol. The van der Waals surface area contributed by atoms with Crippen molar-refractivity contribution in [3.8, 4) is 0 Å². The summed E-state index contributed by atoms with van der Waals surface area (Å²) in [6.07, 6.45) is -7.26. The molecule has 0 spiro atoms. The Bertz CT molecular complexity index is 785. The van der Waals surface area contributed by atoms with Gasteiger partial charge in [-0.3, -0.25) is 0 Å². The SMILES string of the molecule is C=C(C)C(=O)OC(F)(F)C(F)(F)C(F)(F)C(F)(F)C1(F)C(F)(F)C(F)(F)C(F)(F)C1(F)F. The number of carbonyl (C=O) groups is 1. The Hall–Kier alpha value is -1.98. The molecule has 1 rings (SSSR count). The standard InChI is InChI=1S/C13H5F17O2/c1-3(2)4(31)32-13(29,30)12(27,28)11(25,26)8(19,20)5(14)6(15,16)9(21,22)10(23,24)7(5,17)18/h1H2,2H3. The van der Waals surface area contributed by atoms with Gasteiger partial charge < -0.3 is 4.74 Å². The molecule has 0 aromatic heterocycles. The van der Waals surface area contributed by atoms with E-state index in [0.29, 0.717) is 6.92 Å². The fraction of sp³-hybridized carbons (Fsp3) is 0.769. The topological polar surface area (TPSA) is 26.3 Å². The Morgan fingerprint density at radius 3 is 1.25 bits per heavy atom. The minimum Gasteiger partial charge on any atom is -0.393 e. The van der Waals surface area contributed by atoms with Gasteiger partial charge in [0.2, 0.25) is 0 Å². The number of alkyl halides is 17. The van der Waals surface area contributed by atoms with E-state index in [9.17, 15) is 79.4 Å². The van der Waals surface area contributed by atoms with Crippen molar-refractivity contribution in [2.24, 2.45) is 0 Å². The van der Waals surface area contributed by atoms with Crippen molar-refractivity contribution in [3.05, 3.63) is 12.2 Å². The maximum Gasteiger partial charge on any atom is 0.473 e. The predicted molar refractivity (Wildman–Crippen MR) is 64.3 cm³/mol. The Kier molecular flexibility index (Phi) is 5.73. The molecule has 0 saturated heterocycles. The molecule has 0 N–H and O–H groups in total. The van der Waals surface area contributed by atoms with E-state index >= 15 is 0 Å². The summed E-state index contributed by atoms with van der Waals surface area (Å²) in [4.78, 5) is 10.8. The van der Waals surface area contributed by atoms with E-state index in [1.807, 2.05) is 0 Å². The fourth-order valence-corrected chi connectivity index (χ4v) is 2.28. The lowest BCUT2D eigenvalue weighted by Gasteiger charge is -2.43. The monoisotopic (exact) mass is 516 g/mol. The minimum absolute atomic E-state index is 0.379. The maximum absolute atomic E-state index is 14.1. The second-order valence-electron chi connectivity index (χ2n) is 6.37. The van der Waals surface area contributed by atoms with Gasteiger partial charge in [0.05, 0.1) is 0 Å². The van der Waals surface area contributed by atoms with Crippen LogP contribution in [-0.2, 0) is 9.53 Å². The first kappa shape index (κ1) is 28.1. The zero-order valence-corrected chi connectivity index (χ0v) is 14.4. The summed E-state index contributed by atoms with van der Waals surface area (Å²) in [5, 5.41) is 0. The highest BCUT2D eigenvalue weighted by molar-refractivity contribution is 5.87. The third kappa shape index (κ3) is 2.64. The van der Waals surface area contributed by atoms with E-state index in [-0.39, 0.29) is 0 Å². The van der Waals surface area contributed by atoms with E-state index in [0.717, 1.165) is 0 Å². The quantitative estimate of drug-likeness (QED) is 0.251. The predicted octanol–water partition coefficient (Wildman–Crippen LogP) is 5.87. The van der Waals surface area contributed by atoms with Crippen LogP contribution in [0.1, 0.15) is 6.92 Å². The van der Waals surface area contributed by atoms with Crippen molar-refractivity contribution in [1.29, 1.82) is 0 Å². The molecule has 0 radical (unpaired) electrons. The Morgan fingerprint density at radius 2 is 0.969 bits per heavy atom. The summed E-state index contributed by atoms with van der Waals surface area (Å²) in [6, 6.07) is 0. The summed E-state index contributed by atoms with van der Waals surface area (Å²) < 4.78 is 230. The highest BCUT2D eigenvalue weighted by atomic mass is 19.4. The van der Waals surface area contributed by atoms with E-state index in [2.05, 4.69) is 11.3 Å². The third-order valence-electron chi connectivity index (χ3n) is 4.20. The van der Waals surface area contributed by atoms with Gasteiger partial charge in [-0.1, -0.05) is 6.58 Å². The minimum atomic E-state index is -8.79. The van der Waals surface area contributed by atoms with Crippen LogP contribution >= 0.6 is 0 Å². The van der Waals surface area contributed by atoms with Crippen molar-refractivity contribution >= 4 is 5.97 Å². The smallest absolute Gasteiger partial charge is 0.393 e. The second-order valence-corrected chi connectivity index (χ2v) is 6.37. The zero-order chi connectivity index (χ0) is 26.4. The first-order valence-electron chi connectivity index (χ1n) is 7.18. The molecule has 1 saturated carbocycles. The first-order valence-corrected chi connectivity index (χ1v) is 7.18. The molecule has 1 aliphatic rings. The van der Waals surface area contributed by atoms with Gasteiger partial charge in [0.1, 0.15) is 0 Å². The van der Waals surface area contributed by atoms with Crippen LogP contribution in [0.5, 0.6) is 0 Å². The van der Waals surface area contributed by atoms with Gasteiger partial charge in [-0.05, 0) is 6.92 Å². The molecule has 0 amide bonds. The van der Waals surface area contributed by atoms with Gasteiger partial charge in [0.25, 0.3) is 0 Å². The molecular weight excluding hydrogens is 511 g/mol. The highest BCUT2D eigenvalue weighted by Crippen LogP contribution is 2.75. The zero-order valence-electron chi connectivity index (χ0n) is 14.4. The van der Waals surface area contributed by atoms with Crippen molar-refractivity contribution < 1.29 is 84.2 Å². The number of carbonyl (C=O) groups excluding carboxylic acids is 1. The van der Waals surface area contributed by atoms with Crippen LogP contribution in [-0.4, -0.2) is 59.2 Å². The highest BCUT2D eigenvalue weighted by Gasteiger charge is 3.08. The molecule has 0 aliphatic heterocycles. The van der Waals surface area contributed by atoms with Crippen molar-refractivity contribution in [2.45, 2.75) is 60.2 Å². The summed E-state index contributed by atoms with van der Waals surface area (Å²) in [6.45, 7) is 2.84. The molecule has 0 aromatic rings. The number of rotatable bonds is 6. The average Bonchev–Trinajstić information content (AvgIpc) is 2.63. The van der Waals surface area contributed by atoms with Crippen LogP contribution in [0.15, 0.2) is 12.2 Å². The van der Waals surface area contributed by atoms with Gasteiger partial charge in [-0.15, -0.1) is 0 Å². The van der Waals surface area contributed by atoms with Crippen molar-refractivity contribution in [2.75, 3.05) is 0 Å². The van der Waals surface area contributed by atoms with Gasteiger partial charge in [0.15, 0.2) is 0 Å². The van der Waals surface area contributed by atoms with Crippen LogP contribution in [0.3, 0.4) is 0 Å². The van der Waals surface area contributed by atoms with Crippen molar-refractivity contribution in [3.63, 3.8) is 0 Å². The Balaban J connectivity index is 3.86. The molecule has 1 aliphatic carbocycles. The molecule has 1 fully saturated rings. The van der Waals surface area contributed by atoms with E-state index in [1.165, 1.54) is 0 Å². The molecule has 0 atom stereocenters. The van der Waals surface area contributed by atoms with Crippen molar-refractivity contribution in [1.82, 2.24) is 0 Å². The Labute approximate surface area is 164 Å². The number of esters is 1. The van der Waals surface area contributed by atoms with Crippen LogP contribution in [0, 0.1) is 0 Å². The van der Waals surface area contributed by atoms with Gasteiger partial charge in [-0.25, -0.2) is 9.18 Å². The molecule has 0 heterocycles. The third-order valence-corrected chi connectivity index (χ3v) is 4.20. The van der Waals surface area contributed by atoms with E-state index in [1.54, 1.807) is 0 Å². The van der Waals surface area contributed by atoms with Crippen LogP contribution in [0.25, 0.3) is 0 Å². The normalized spacial score (nSPS) is 24.2. The molecule has 32 heavy (non-hydrogen) atoms. The Morgan fingerprint density at radius 1 is 0.656 bits per heavy atom. The molecular formula is C13H5F17O2. The summed E-state index contributed by atoms with van der Waals surface area (Å²) >= 11 is 0. The van der Waals surface area contributed by atoms with Gasteiger partial charge in [0, 0.05) is 5.57 Å². The summed E-state index contributed by atoms with van der Waals surface area (Å²) in [5.74, 6) is -60.6. The van der Waals surface area contributed by atoms with Gasteiger partial charge >= 0.3 is 59.2 Å². The lowest BCUT2D eigenvalue weighted by molar-refractivity contribution is -0.450. The molecule has 0 unspecified atom stereocenters.